The molecule has 4 rings (SSSR count). The Hall–Kier alpha value is -1.48. The lowest BCUT2D eigenvalue weighted by Crippen LogP contribution is -2.47. The number of carbonyl (C=O) groups excluding carboxylic acids is 2. The molecule has 0 bridgehead atoms. The first-order chi connectivity index (χ1) is 11.7. The molecule has 0 aliphatic heterocycles. The zero-order valence-electron chi connectivity index (χ0n) is 15.5. The van der Waals surface area contributed by atoms with Crippen molar-refractivity contribution < 1.29 is 14.7 Å². The summed E-state index contributed by atoms with van der Waals surface area (Å²) in [6.45, 7) is 10.5. The van der Waals surface area contributed by atoms with E-state index in [9.17, 15) is 14.7 Å². The third-order valence-electron chi connectivity index (χ3n) is 7.84. The lowest BCUT2D eigenvalue weighted by atomic mass is 9.50. The van der Waals surface area contributed by atoms with Crippen molar-refractivity contribution in [1.82, 2.24) is 0 Å². The van der Waals surface area contributed by atoms with E-state index in [1.165, 1.54) is 5.57 Å². The smallest absolute Gasteiger partial charge is 0.184 e. The van der Waals surface area contributed by atoms with Crippen LogP contribution in [0.15, 0.2) is 35.5 Å². The number of aliphatic hydroxyl groups is 1. The van der Waals surface area contributed by atoms with Crippen molar-refractivity contribution in [1.29, 1.82) is 0 Å². The second kappa shape index (κ2) is 5.26. The first-order valence-electron chi connectivity index (χ1n) is 9.51. The summed E-state index contributed by atoms with van der Waals surface area (Å²) in [4.78, 5) is 24.2. The van der Waals surface area contributed by atoms with E-state index in [1.54, 1.807) is 13.0 Å². The van der Waals surface area contributed by atoms with Crippen molar-refractivity contribution in [3.8, 4) is 0 Å². The molecule has 4 aliphatic carbocycles. The van der Waals surface area contributed by atoms with Gasteiger partial charge >= 0.3 is 0 Å². The highest BCUT2D eigenvalue weighted by atomic mass is 16.3. The van der Waals surface area contributed by atoms with Gasteiger partial charge in [-0.15, -0.1) is 0 Å². The summed E-state index contributed by atoms with van der Waals surface area (Å²) in [6.07, 6.45) is 7.39. The molecule has 2 saturated carbocycles. The van der Waals surface area contributed by atoms with Gasteiger partial charge in [0.2, 0.25) is 0 Å². The van der Waals surface area contributed by atoms with Crippen molar-refractivity contribution >= 4 is 11.6 Å². The van der Waals surface area contributed by atoms with Gasteiger partial charge in [-0.1, -0.05) is 37.6 Å². The molecule has 6 atom stereocenters. The minimum Gasteiger partial charge on any atom is -0.385 e. The topological polar surface area (TPSA) is 54.4 Å². The molecule has 0 amide bonds. The molecule has 1 N–H and O–H groups in total. The van der Waals surface area contributed by atoms with Gasteiger partial charge in [0.1, 0.15) is 11.9 Å². The van der Waals surface area contributed by atoms with Crippen molar-refractivity contribution in [2.75, 3.05) is 0 Å². The summed E-state index contributed by atoms with van der Waals surface area (Å²) in [5, 5.41) is 10.2. The Balaban J connectivity index is 1.80. The Bertz CT molecular complexity index is 742. The first kappa shape index (κ1) is 17.0. The number of rotatable bonds is 1. The molecule has 4 aliphatic rings. The fourth-order valence-electron chi connectivity index (χ4n) is 6.61. The van der Waals surface area contributed by atoms with Crippen molar-refractivity contribution in [2.24, 2.45) is 28.6 Å². The average Bonchev–Trinajstić information content (AvgIpc) is 2.88. The normalized spacial score (nSPS) is 45.9. The quantitative estimate of drug-likeness (QED) is 0.739. The van der Waals surface area contributed by atoms with Gasteiger partial charge in [-0.3, -0.25) is 9.59 Å². The largest absolute Gasteiger partial charge is 0.385 e. The molecule has 3 nitrogen and oxygen atoms in total. The Labute approximate surface area is 149 Å². The van der Waals surface area contributed by atoms with Crippen molar-refractivity contribution in [2.45, 2.75) is 59.0 Å². The molecule has 0 radical (unpaired) electrons. The van der Waals surface area contributed by atoms with Crippen molar-refractivity contribution in [3.63, 3.8) is 0 Å². The van der Waals surface area contributed by atoms with Crippen LogP contribution < -0.4 is 0 Å². The lowest BCUT2D eigenvalue weighted by molar-refractivity contribution is -0.126. The van der Waals surface area contributed by atoms with Gasteiger partial charge in [-0.2, -0.15) is 0 Å². The van der Waals surface area contributed by atoms with Crippen LogP contribution in [0.2, 0.25) is 0 Å². The highest BCUT2D eigenvalue weighted by Gasteiger charge is 2.58. The third-order valence-corrected chi connectivity index (χ3v) is 7.84. The van der Waals surface area contributed by atoms with Crippen LogP contribution >= 0.6 is 0 Å². The van der Waals surface area contributed by atoms with Gasteiger partial charge in [0.05, 0.1) is 0 Å². The summed E-state index contributed by atoms with van der Waals surface area (Å²) in [7, 11) is 0. The first-order valence-corrected chi connectivity index (χ1v) is 9.51. The maximum atomic E-state index is 12.2. The molecule has 0 aromatic heterocycles. The number of hydrogen-bond donors (Lipinski definition) is 1. The number of allylic oxidation sites excluding steroid dienone is 4. The van der Waals surface area contributed by atoms with E-state index in [4.69, 9.17) is 0 Å². The SMILES string of the molecule is C=C1C[C@@H]2C(=CC[C@]3(C)[C@@H](C(C)=O)CC[C@@H]23)[C@@]2(C)CC(O)C(=O)C=C12. The highest BCUT2D eigenvalue weighted by molar-refractivity contribution is 5.96. The molecule has 0 saturated heterocycles. The molecule has 2 fully saturated rings. The van der Waals surface area contributed by atoms with Gasteiger partial charge < -0.3 is 5.11 Å². The summed E-state index contributed by atoms with van der Waals surface area (Å²) < 4.78 is 0. The zero-order valence-corrected chi connectivity index (χ0v) is 15.5. The average molecular weight is 340 g/mol. The number of carbonyl (C=O) groups is 2. The molecule has 134 valence electrons. The predicted molar refractivity (Wildman–Crippen MR) is 96.8 cm³/mol. The van der Waals surface area contributed by atoms with Crippen LogP contribution in [0.1, 0.15) is 52.9 Å². The molecule has 0 heterocycles. The maximum Gasteiger partial charge on any atom is 0.184 e. The number of ketones is 2. The monoisotopic (exact) mass is 340 g/mol. The lowest BCUT2D eigenvalue weighted by Gasteiger charge is -2.54. The zero-order chi connectivity index (χ0) is 18.1. The van der Waals surface area contributed by atoms with E-state index in [2.05, 4.69) is 26.5 Å². The summed E-state index contributed by atoms with van der Waals surface area (Å²) in [6, 6.07) is 0. The minimum absolute atomic E-state index is 0.0426. The van der Waals surface area contributed by atoms with Gasteiger partial charge in [-0.05, 0) is 67.9 Å². The van der Waals surface area contributed by atoms with E-state index in [0.717, 1.165) is 36.8 Å². The van der Waals surface area contributed by atoms with Gasteiger partial charge in [0.15, 0.2) is 5.78 Å². The molecule has 3 heteroatoms. The van der Waals surface area contributed by atoms with E-state index in [-0.39, 0.29) is 22.5 Å². The number of Topliss-reactive ketones (excluding diaryl/α,β-unsaturated/α-hetero) is 1. The fraction of sp³-hybridized carbons (Fsp3) is 0.636. The van der Waals surface area contributed by atoms with Crippen molar-refractivity contribution in [3.05, 3.63) is 35.5 Å². The van der Waals surface area contributed by atoms with Gasteiger partial charge in [0, 0.05) is 11.3 Å². The summed E-state index contributed by atoms with van der Waals surface area (Å²) >= 11 is 0. The van der Waals surface area contributed by atoms with Crippen LogP contribution in [0.4, 0.5) is 0 Å². The summed E-state index contributed by atoms with van der Waals surface area (Å²) in [5.74, 6) is 1.17. The Kier molecular flexibility index (Phi) is 3.57. The van der Waals surface area contributed by atoms with Crippen LogP contribution in [0.3, 0.4) is 0 Å². The Morgan fingerprint density at radius 3 is 2.72 bits per heavy atom. The predicted octanol–water partition coefficient (Wildman–Crippen LogP) is 3.78. The van der Waals surface area contributed by atoms with E-state index < -0.39 is 6.10 Å². The Morgan fingerprint density at radius 2 is 2.04 bits per heavy atom. The second-order valence-corrected chi connectivity index (χ2v) is 9.14. The fourth-order valence-corrected chi connectivity index (χ4v) is 6.61. The minimum atomic E-state index is -0.914. The highest BCUT2D eigenvalue weighted by Crippen LogP contribution is 2.65. The van der Waals surface area contributed by atoms with Crippen LogP contribution in [0.25, 0.3) is 0 Å². The van der Waals surface area contributed by atoms with E-state index >= 15 is 0 Å². The number of aliphatic hydroxyl groups excluding tert-OH is 1. The van der Waals surface area contributed by atoms with E-state index in [0.29, 0.717) is 24.0 Å². The third kappa shape index (κ3) is 2.14. The van der Waals surface area contributed by atoms with Crippen LogP contribution in [0, 0.1) is 28.6 Å². The standard InChI is InChI=1S/C22H28O3/c1-12-9-14-16-6-5-15(13(2)23)21(16,3)8-7-17(14)22(4)11-20(25)19(24)10-18(12)22/h7,10,14-16,20,25H,1,5-6,8-9,11H2,2-4H3/t14-,15+,16-,20?,21+,22+/m0/s1. The molecular formula is C22H28O3. The van der Waals surface area contributed by atoms with Gasteiger partial charge in [0.25, 0.3) is 0 Å². The molecule has 25 heavy (non-hydrogen) atoms. The van der Waals surface area contributed by atoms with Crippen LogP contribution in [0.5, 0.6) is 0 Å². The number of hydrogen-bond acceptors (Lipinski definition) is 3. The summed E-state index contributed by atoms with van der Waals surface area (Å²) in [5.41, 5.74) is 3.20. The van der Waals surface area contributed by atoms with Crippen LogP contribution in [-0.4, -0.2) is 22.8 Å². The molecule has 1 unspecified atom stereocenters. The number of fused-ring (bicyclic) bond motifs is 5. The molecule has 0 aromatic rings. The molecule has 0 aromatic carbocycles. The van der Waals surface area contributed by atoms with E-state index in [1.807, 2.05) is 0 Å². The van der Waals surface area contributed by atoms with Crippen LogP contribution in [-0.2, 0) is 9.59 Å². The second-order valence-electron chi connectivity index (χ2n) is 9.14. The van der Waals surface area contributed by atoms with Gasteiger partial charge in [-0.25, -0.2) is 0 Å². The Morgan fingerprint density at radius 1 is 1.32 bits per heavy atom. The molecule has 0 spiro atoms. The molecular weight excluding hydrogens is 312 g/mol. The maximum absolute atomic E-state index is 12.2.